The van der Waals surface area contributed by atoms with Crippen LogP contribution in [0.1, 0.15) is 18.3 Å². The first-order valence-electron chi connectivity index (χ1n) is 5.18. The van der Waals surface area contributed by atoms with Crippen molar-refractivity contribution in [3.05, 3.63) is 35.4 Å². The quantitative estimate of drug-likeness (QED) is 0.684. The summed E-state index contributed by atoms with van der Waals surface area (Å²) in [5, 5.41) is 0. The van der Waals surface area contributed by atoms with Crippen molar-refractivity contribution in [3.8, 4) is 0 Å². The Bertz CT molecular complexity index is 513. The Labute approximate surface area is 107 Å². The van der Waals surface area contributed by atoms with E-state index in [4.69, 9.17) is 5.73 Å². The van der Waals surface area contributed by atoms with Gasteiger partial charge in [0.1, 0.15) is 11.6 Å². The molecular formula is C11H12FN3S2. The number of nitrogens with two attached hydrogens (primary N) is 1. The molecule has 0 spiro atoms. The van der Waals surface area contributed by atoms with Gasteiger partial charge in [-0.2, -0.15) is 4.37 Å². The average Bonchev–Trinajstić information content (AvgIpc) is 2.79. The topological polar surface area (TPSA) is 51.8 Å². The predicted molar refractivity (Wildman–Crippen MR) is 69.7 cm³/mol. The maximum atomic E-state index is 13.2. The van der Waals surface area contributed by atoms with Gasteiger partial charge in [0.2, 0.25) is 0 Å². The van der Waals surface area contributed by atoms with Crippen molar-refractivity contribution in [2.24, 2.45) is 0 Å². The van der Waals surface area contributed by atoms with Gasteiger partial charge in [-0.3, -0.25) is 0 Å². The summed E-state index contributed by atoms with van der Waals surface area (Å²) in [7, 11) is 0. The van der Waals surface area contributed by atoms with Gasteiger partial charge in [-0.1, -0.05) is 24.8 Å². The second kappa shape index (κ2) is 5.46. The number of aryl methyl sites for hydroxylation is 1. The van der Waals surface area contributed by atoms with Crippen LogP contribution in [0.15, 0.2) is 22.5 Å². The minimum absolute atomic E-state index is 0.183. The Morgan fingerprint density at radius 1 is 1.47 bits per heavy atom. The Hall–Kier alpha value is -1.14. The van der Waals surface area contributed by atoms with Crippen LogP contribution in [0.3, 0.4) is 0 Å². The van der Waals surface area contributed by atoms with Crippen molar-refractivity contribution in [2.45, 2.75) is 23.4 Å². The lowest BCUT2D eigenvalue weighted by Crippen LogP contribution is -1.91. The van der Waals surface area contributed by atoms with E-state index < -0.39 is 0 Å². The number of nitrogen functional groups attached to an aromatic ring is 1. The van der Waals surface area contributed by atoms with E-state index in [1.54, 1.807) is 17.8 Å². The molecule has 2 aromatic rings. The molecule has 90 valence electrons. The van der Waals surface area contributed by atoms with Crippen LogP contribution in [-0.2, 0) is 12.2 Å². The molecule has 17 heavy (non-hydrogen) atoms. The SMILES string of the molecule is CCc1nsc(SCc2ccc(N)c(F)c2)n1. The Morgan fingerprint density at radius 3 is 2.94 bits per heavy atom. The van der Waals surface area contributed by atoms with E-state index in [2.05, 4.69) is 9.36 Å². The minimum atomic E-state index is -0.366. The third-order valence-electron chi connectivity index (χ3n) is 2.19. The van der Waals surface area contributed by atoms with Gasteiger partial charge >= 0.3 is 0 Å². The molecule has 0 saturated carbocycles. The second-order valence-electron chi connectivity index (χ2n) is 3.47. The zero-order chi connectivity index (χ0) is 12.3. The highest BCUT2D eigenvalue weighted by atomic mass is 32.2. The number of hydrogen-bond acceptors (Lipinski definition) is 5. The van der Waals surface area contributed by atoms with Gasteiger partial charge in [0.25, 0.3) is 0 Å². The van der Waals surface area contributed by atoms with Gasteiger partial charge in [0.15, 0.2) is 4.34 Å². The van der Waals surface area contributed by atoms with Crippen LogP contribution < -0.4 is 5.73 Å². The van der Waals surface area contributed by atoms with Crippen molar-refractivity contribution in [1.29, 1.82) is 0 Å². The smallest absolute Gasteiger partial charge is 0.170 e. The Morgan fingerprint density at radius 2 is 2.29 bits per heavy atom. The monoisotopic (exact) mass is 269 g/mol. The highest BCUT2D eigenvalue weighted by Crippen LogP contribution is 2.25. The van der Waals surface area contributed by atoms with Gasteiger partial charge in [0, 0.05) is 12.2 Å². The maximum absolute atomic E-state index is 13.2. The van der Waals surface area contributed by atoms with Crippen molar-refractivity contribution in [1.82, 2.24) is 9.36 Å². The van der Waals surface area contributed by atoms with Crippen LogP contribution >= 0.6 is 23.3 Å². The molecule has 0 amide bonds. The molecule has 3 nitrogen and oxygen atoms in total. The average molecular weight is 269 g/mol. The number of anilines is 1. The summed E-state index contributed by atoms with van der Waals surface area (Å²) in [6.45, 7) is 2.02. The number of nitrogens with zero attached hydrogens (tertiary/aromatic N) is 2. The molecule has 0 aliphatic heterocycles. The van der Waals surface area contributed by atoms with Gasteiger partial charge in [-0.05, 0) is 29.2 Å². The van der Waals surface area contributed by atoms with Crippen LogP contribution in [0.2, 0.25) is 0 Å². The van der Waals surface area contributed by atoms with E-state index in [9.17, 15) is 4.39 Å². The van der Waals surface area contributed by atoms with E-state index >= 15 is 0 Å². The van der Waals surface area contributed by atoms with Crippen LogP contribution in [0, 0.1) is 5.82 Å². The lowest BCUT2D eigenvalue weighted by atomic mass is 10.2. The third-order valence-corrected chi connectivity index (χ3v) is 4.14. The molecule has 0 atom stereocenters. The second-order valence-corrected chi connectivity index (χ2v) is 5.45. The maximum Gasteiger partial charge on any atom is 0.170 e. The summed E-state index contributed by atoms with van der Waals surface area (Å²) in [4.78, 5) is 4.34. The lowest BCUT2D eigenvalue weighted by Gasteiger charge is -2.01. The molecule has 0 bridgehead atoms. The fraction of sp³-hybridized carbons (Fsp3) is 0.273. The standard InChI is InChI=1S/C11H12FN3S2/c1-2-10-14-11(17-15-10)16-6-7-3-4-9(13)8(12)5-7/h3-5H,2,6,13H2,1H3. The number of rotatable bonds is 4. The zero-order valence-corrected chi connectivity index (χ0v) is 10.9. The molecule has 0 fully saturated rings. The molecule has 0 radical (unpaired) electrons. The number of hydrogen-bond donors (Lipinski definition) is 1. The molecule has 1 aromatic carbocycles. The summed E-state index contributed by atoms with van der Waals surface area (Å²) in [6, 6.07) is 4.88. The summed E-state index contributed by atoms with van der Waals surface area (Å²) in [5.41, 5.74) is 6.50. The molecule has 2 rings (SSSR count). The van der Waals surface area contributed by atoms with Crippen molar-refractivity contribution in [3.63, 3.8) is 0 Å². The van der Waals surface area contributed by atoms with Gasteiger partial charge in [-0.15, -0.1) is 0 Å². The molecule has 1 aromatic heterocycles. The van der Waals surface area contributed by atoms with E-state index in [-0.39, 0.29) is 11.5 Å². The van der Waals surface area contributed by atoms with Crippen molar-refractivity contribution in [2.75, 3.05) is 5.73 Å². The first-order chi connectivity index (χ1) is 8.19. The largest absolute Gasteiger partial charge is 0.396 e. The van der Waals surface area contributed by atoms with Crippen molar-refractivity contribution >= 4 is 29.0 Å². The molecule has 6 heteroatoms. The Kier molecular flexibility index (Phi) is 3.96. The minimum Gasteiger partial charge on any atom is -0.396 e. The number of thioether (sulfide) groups is 1. The fourth-order valence-electron chi connectivity index (χ4n) is 1.25. The molecule has 0 aliphatic carbocycles. The Balaban J connectivity index is 1.99. The number of benzene rings is 1. The third kappa shape index (κ3) is 3.17. The normalized spacial score (nSPS) is 10.7. The van der Waals surface area contributed by atoms with Gasteiger partial charge < -0.3 is 5.73 Å². The molecule has 1 heterocycles. The highest BCUT2D eigenvalue weighted by Gasteiger charge is 2.05. The highest BCUT2D eigenvalue weighted by molar-refractivity contribution is 8.00. The fourth-order valence-corrected chi connectivity index (χ4v) is 2.88. The van der Waals surface area contributed by atoms with Gasteiger partial charge in [0.05, 0.1) is 5.69 Å². The molecular weight excluding hydrogens is 257 g/mol. The van der Waals surface area contributed by atoms with E-state index in [1.165, 1.54) is 17.6 Å². The number of aromatic nitrogens is 2. The summed E-state index contributed by atoms with van der Waals surface area (Å²) in [5.74, 6) is 1.17. The molecule has 2 N–H and O–H groups in total. The summed E-state index contributed by atoms with van der Waals surface area (Å²) < 4.78 is 18.3. The van der Waals surface area contributed by atoms with Gasteiger partial charge in [-0.25, -0.2) is 9.37 Å². The van der Waals surface area contributed by atoms with Crippen LogP contribution in [0.5, 0.6) is 0 Å². The first-order valence-corrected chi connectivity index (χ1v) is 6.94. The molecule has 0 aliphatic rings. The van der Waals surface area contributed by atoms with E-state index in [1.807, 2.05) is 13.0 Å². The summed E-state index contributed by atoms with van der Waals surface area (Å²) in [6.07, 6.45) is 0.841. The molecule has 0 saturated heterocycles. The van der Waals surface area contributed by atoms with Crippen LogP contribution in [-0.4, -0.2) is 9.36 Å². The van der Waals surface area contributed by atoms with Crippen LogP contribution in [0.4, 0.5) is 10.1 Å². The van der Waals surface area contributed by atoms with E-state index in [0.29, 0.717) is 5.75 Å². The summed E-state index contributed by atoms with van der Waals surface area (Å²) >= 11 is 2.95. The first kappa shape index (κ1) is 12.3. The number of halogens is 1. The predicted octanol–water partition coefficient (Wildman–Crippen LogP) is 3.11. The van der Waals surface area contributed by atoms with E-state index in [0.717, 1.165) is 22.1 Å². The molecule has 0 unspecified atom stereocenters. The lowest BCUT2D eigenvalue weighted by molar-refractivity contribution is 0.631. The van der Waals surface area contributed by atoms with Crippen molar-refractivity contribution < 1.29 is 4.39 Å². The van der Waals surface area contributed by atoms with Crippen LogP contribution in [0.25, 0.3) is 0 Å². The zero-order valence-electron chi connectivity index (χ0n) is 9.31.